The summed E-state index contributed by atoms with van der Waals surface area (Å²) in [5.41, 5.74) is 3.22. The van der Waals surface area contributed by atoms with E-state index in [-0.39, 0.29) is 5.82 Å². The first-order valence-corrected chi connectivity index (χ1v) is 8.73. The van der Waals surface area contributed by atoms with E-state index >= 15 is 0 Å². The quantitative estimate of drug-likeness (QED) is 0.767. The molecule has 1 unspecified atom stereocenters. The topological polar surface area (TPSA) is 56.8 Å². The van der Waals surface area contributed by atoms with Gasteiger partial charge in [0.25, 0.3) is 0 Å². The molecule has 0 bridgehead atoms. The van der Waals surface area contributed by atoms with Crippen molar-refractivity contribution in [2.24, 2.45) is 0 Å². The number of nitrogens with one attached hydrogen (secondary N) is 2. The van der Waals surface area contributed by atoms with Gasteiger partial charge in [0.05, 0.1) is 0 Å². The Labute approximate surface area is 146 Å². The molecule has 3 heterocycles. The van der Waals surface area contributed by atoms with E-state index in [0.29, 0.717) is 6.04 Å². The van der Waals surface area contributed by atoms with Crippen molar-refractivity contribution in [1.29, 1.82) is 0 Å². The second-order valence-electron chi connectivity index (χ2n) is 6.63. The summed E-state index contributed by atoms with van der Waals surface area (Å²) in [6.07, 6.45) is 5.82. The first-order valence-electron chi connectivity index (χ1n) is 8.73. The summed E-state index contributed by atoms with van der Waals surface area (Å²) in [7, 11) is 0. The van der Waals surface area contributed by atoms with Crippen LogP contribution in [-0.2, 0) is 6.54 Å². The zero-order valence-corrected chi connectivity index (χ0v) is 14.3. The minimum atomic E-state index is -0.195. The summed E-state index contributed by atoms with van der Waals surface area (Å²) < 4.78 is 13.5. The molecule has 1 atom stereocenters. The van der Waals surface area contributed by atoms with E-state index < -0.39 is 0 Å². The third-order valence-electron chi connectivity index (χ3n) is 4.95. The zero-order chi connectivity index (χ0) is 17.2. The molecular formula is C19H22FN5. The van der Waals surface area contributed by atoms with E-state index in [1.807, 2.05) is 13.0 Å². The van der Waals surface area contributed by atoms with Crippen LogP contribution >= 0.6 is 0 Å². The van der Waals surface area contributed by atoms with E-state index in [2.05, 4.69) is 25.2 Å². The fourth-order valence-corrected chi connectivity index (χ4v) is 3.56. The molecule has 4 rings (SSSR count). The smallest absolute Gasteiger partial charge is 0.225 e. The summed E-state index contributed by atoms with van der Waals surface area (Å²) >= 11 is 0. The number of aryl methyl sites for hydroxylation is 1. The summed E-state index contributed by atoms with van der Waals surface area (Å²) in [5, 5.41) is 4.59. The number of aromatic amines is 1. The van der Waals surface area contributed by atoms with E-state index in [1.165, 1.54) is 6.07 Å². The third kappa shape index (κ3) is 3.35. The minimum absolute atomic E-state index is 0.195. The van der Waals surface area contributed by atoms with Crippen LogP contribution in [0.1, 0.15) is 24.1 Å². The van der Waals surface area contributed by atoms with Crippen molar-refractivity contribution in [2.45, 2.75) is 32.4 Å². The molecule has 3 aromatic rings. The molecule has 1 aliphatic heterocycles. The second kappa shape index (κ2) is 6.80. The Morgan fingerprint density at radius 2 is 2.16 bits per heavy atom. The lowest BCUT2D eigenvalue weighted by molar-refractivity contribution is 0.416. The Morgan fingerprint density at radius 3 is 3.00 bits per heavy atom. The van der Waals surface area contributed by atoms with Gasteiger partial charge in [0, 0.05) is 54.7 Å². The molecule has 0 saturated carbocycles. The molecule has 1 fully saturated rings. The van der Waals surface area contributed by atoms with Gasteiger partial charge < -0.3 is 15.2 Å². The normalized spacial score (nSPS) is 18.0. The van der Waals surface area contributed by atoms with Gasteiger partial charge in [0.2, 0.25) is 5.95 Å². The monoisotopic (exact) mass is 339 g/mol. The van der Waals surface area contributed by atoms with Gasteiger partial charge in [-0.2, -0.15) is 0 Å². The van der Waals surface area contributed by atoms with Gasteiger partial charge in [0.15, 0.2) is 0 Å². The summed E-state index contributed by atoms with van der Waals surface area (Å²) in [4.78, 5) is 14.3. The average molecular weight is 339 g/mol. The van der Waals surface area contributed by atoms with Crippen LogP contribution in [0, 0.1) is 12.7 Å². The summed E-state index contributed by atoms with van der Waals surface area (Å²) in [5.74, 6) is 0.603. The molecule has 0 aliphatic carbocycles. The number of rotatable bonds is 4. The predicted octanol–water partition coefficient (Wildman–Crippen LogP) is 3.16. The van der Waals surface area contributed by atoms with Gasteiger partial charge in [0.1, 0.15) is 5.82 Å². The van der Waals surface area contributed by atoms with Crippen molar-refractivity contribution < 1.29 is 4.39 Å². The van der Waals surface area contributed by atoms with Crippen LogP contribution in [0.4, 0.5) is 10.3 Å². The molecule has 5 nitrogen and oxygen atoms in total. The number of piperidine rings is 1. The van der Waals surface area contributed by atoms with Crippen LogP contribution in [0.5, 0.6) is 0 Å². The lowest BCUT2D eigenvalue weighted by Gasteiger charge is -2.33. The highest BCUT2D eigenvalue weighted by Gasteiger charge is 2.21. The van der Waals surface area contributed by atoms with Crippen LogP contribution in [0.15, 0.2) is 36.7 Å². The highest BCUT2D eigenvalue weighted by atomic mass is 19.1. The SMILES string of the molecule is Cc1c(CNC2CCCN(c3ncccn3)C2)[nH]c2ccc(F)cc12. The number of benzene rings is 1. The van der Waals surface area contributed by atoms with Gasteiger partial charge in [-0.25, -0.2) is 14.4 Å². The highest BCUT2D eigenvalue weighted by Crippen LogP contribution is 2.23. The molecule has 2 aromatic heterocycles. The molecule has 6 heteroatoms. The van der Waals surface area contributed by atoms with E-state index in [0.717, 1.165) is 60.6 Å². The minimum Gasteiger partial charge on any atom is -0.357 e. The number of nitrogens with zero attached hydrogens (tertiary/aromatic N) is 3. The molecular weight excluding hydrogens is 317 g/mol. The van der Waals surface area contributed by atoms with Crippen LogP contribution in [0.25, 0.3) is 10.9 Å². The lowest BCUT2D eigenvalue weighted by atomic mass is 10.1. The number of H-pyrrole nitrogens is 1. The van der Waals surface area contributed by atoms with Crippen LogP contribution in [-0.4, -0.2) is 34.1 Å². The fraction of sp³-hybridized carbons (Fsp3) is 0.368. The largest absolute Gasteiger partial charge is 0.357 e. The first-order chi connectivity index (χ1) is 12.2. The zero-order valence-electron chi connectivity index (χ0n) is 14.3. The molecule has 2 N–H and O–H groups in total. The molecule has 1 aliphatic rings. The molecule has 25 heavy (non-hydrogen) atoms. The van der Waals surface area contributed by atoms with E-state index in [9.17, 15) is 4.39 Å². The maximum Gasteiger partial charge on any atom is 0.225 e. The van der Waals surface area contributed by atoms with Gasteiger partial charge in [-0.05, 0) is 49.6 Å². The molecule has 0 amide bonds. The Hall–Kier alpha value is -2.47. The maximum atomic E-state index is 13.5. The number of hydrogen-bond donors (Lipinski definition) is 2. The Kier molecular flexibility index (Phi) is 4.36. The van der Waals surface area contributed by atoms with Gasteiger partial charge >= 0.3 is 0 Å². The summed E-state index contributed by atoms with van der Waals surface area (Å²) in [6.45, 7) is 4.68. The van der Waals surface area contributed by atoms with Crippen molar-refractivity contribution in [2.75, 3.05) is 18.0 Å². The Bertz CT molecular complexity index is 861. The molecule has 1 aromatic carbocycles. The number of aromatic nitrogens is 3. The van der Waals surface area contributed by atoms with Gasteiger partial charge in [-0.15, -0.1) is 0 Å². The predicted molar refractivity (Wildman–Crippen MR) is 97.1 cm³/mol. The number of fused-ring (bicyclic) bond motifs is 1. The molecule has 130 valence electrons. The third-order valence-corrected chi connectivity index (χ3v) is 4.95. The second-order valence-corrected chi connectivity index (χ2v) is 6.63. The number of anilines is 1. The molecule has 1 saturated heterocycles. The van der Waals surface area contributed by atoms with Crippen molar-refractivity contribution in [3.63, 3.8) is 0 Å². The number of hydrogen-bond acceptors (Lipinski definition) is 4. The lowest BCUT2D eigenvalue weighted by Crippen LogP contribution is -2.46. The van der Waals surface area contributed by atoms with Gasteiger partial charge in [-0.1, -0.05) is 0 Å². The fourth-order valence-electron chi connectivity index (χ4n) is 3.56. The Morgan fingerprint density at radius 1 is 1.32 bits per heavy atom. The molecule has 0 spiro atoms. The standard InChI is InChI=1S/C19H22FN5/c1-13-16-10-14(20)5-6-17(16)24-18(13)11-23-15-4-2-9-25(12-15)19-21-7-3-8-22-19/h3,5-8,10,15,23-24H,2,4,9,11-12H2,1H3. The van der Waals surface area contributed by atoms with E-state index in [1.54, 1.807) is 24.5 Å². The van der Waals surface area contributed by atoms with Crippen LogP contribution < -0.4 is 10.2 Å². The van der Waals surface area contributed by atoms with Crippen molar-refractivity contribution in [3.05, 3.63) is 53.7 Å². The van der Waals surface area contributed by atoms with Crippen molar-refractivity contribution in [3.8, 4) is 0 Å². The molecule has 0 radical (unpaired) electrons. The van der Waals surface area contributed by atoms with Crippen LogP contribution in [0.2, 0.25) is 0 Å². The average Bonchev–Trinajstić information content (AvgIpc) is 2.96. The van der Waals surface area contributed by atoms with Crippen LogP contribution in [0.3, 0.4) is 0 Å². The number of halogens is 1. The highest BCUT2D eigenvalue weighted by molar-refractivity contribution is 5.84. The van der Waals surface area contributed by atoms with Crippen molar-refractivity contribution >= 4 is 16.9 Å². The van der Waals surface area contributed by atoms with Gasteiger partial charge in [-0.3, -0.25) is 0 Å². The Balaban J connectivity index is 1.43. The first kappa shape index (κ1) is 16.0. The maximum absolute atomic E-state index is 13.5. The van der Waals surface area contributed by atoms with Crippen molar-refractivity contribution in [1.82, 2.24) is 20.3 Å². The summed E-state index contributed by atoms with van der Waals surface area (Å²) in [6, 6.07) is 7.12. The van der Waals surface area contributed by atoms with E-state index in [4.69, 9.17) is 0 Å².